The van der Waals surface area contributed by atoms with Crippen molar-refractivity contribution in [2.24, 2.45) is 0 Å². The van der Waals surface area contributed by atoms with Gasteiger partial charge < -0.3 is 5.11 Å². The lowest BCUT2D eigenvalue weighted by molar-refractivity contribution is 0.104. The summed E-state index contributed by atoms with van der Waals surface area (Å²) in [5.41, 5.74) is 3.21. The highest BCUT2D eigenvalue weighted by Crippen LogP contribution is 2.34. The molecule has 2 nitrogen and oxygen atoms in total. The van der Waals surface area contributed by atoms with Crippen LogP contribution in [0.2, 0.25) is 0 Å². The minimum Gasteiger partial charge on any atom is -0.381 e. The fraction of sp³-hybridized carbons (Fsp3) is 0.211. The summed E-state index contributed by atoms with van der Waals surface area (Å²) in [6.07, 6.45) is 3.59. The van der Waals surface area contributed by atoms with E-state index in [1.54, 1.807) is 6.20 Å². The van der Waals surface area contributed by atoms with Crippen LogP contribution >= 0.6 is 0 Å². The average Bonchev–Trinajstić information content (AvgIpc) is 2.49. The van der Waals surface area contributed by atoms with Gasteiger partial charge in [0.1, 0.15) is 5.60 Å². The zero-order valence-corrected chi connectivity index (χ0v) is 12.6. The number of benzene rings is 2. The van der Waals surface area contributed by atoms with Crippen molar-refractivity contribution in [2.45, 2.75) is 26.4 Å². The molecule has 2 aromatic carbocycles. The number of pyridine rings is 1. The van der Waals surface area contributed by atoms with Crippen molar-refractivity contribution in [1.29, 1.82) is 0 Å². The summed E-state index contributed by atoms with van der Waals surface area (Å²) in [4.78, 5) is 4.15. The van der Waals surface area contributed by atoms with Gasteiger partial charge in [-0.25, -0.2) is 0 Å². The van der Waals surface area contributed by atoms with Crippen LogP contribution in [0.3, 0.4) is 0 Å². The zero-order valence-electron chi connectivity index (χ0n) is 12.6. The van der Waals surface area contributed by atoms with Crippen LogP contribution in [0.5, 0.6) is 0 Å². The van der Waals surface area contributed by atoms with Crippen molar-refractivity contribution in [3.63, 3.8) is 0 Å². The molecule has 0 fully saturated rings. The number of rotatable bonds is 2. The molecule has 0 amide bonds. The van der Waals surface area contributed by atoms with E-state index in [2.05, 4.69) is 31.0 Å². The molecular weight excluding hydrogens is 258 g/mol. The molecular formula is C19H19NO. The summed E-state index contributed by atoms with van der Waals surface area (Å²) < 4.78 is 0. The van der Waals surface area contributed by atoms with Gasteiger partial charge in [-0.15, -0.1) is 0 Å². The van der Waals surface area contributed by atoms with Crippen LogP contribution < -0.4 is 0 Å². The largest absolute Gasteiger partial charge is 0.381 e. The molecule has 21 heavy (non-hydrogen) atoms. The fourth-order valence-corrected chi connectivity index (χ4v) is 2.75. The van der Waals surface area contributed by atoms with E-state index < -0.39 is 5.60 Å². The lowest BCUT2D eigenvalue weighted by Gasteiger charge is -2.26. The Morgan fingerprint density at radius 2 is 1.81 bits per heavy atom. The third-order valence-corrected chi connectivity index (χ3v) is 4.27. The molecule has 0 spiro atoms. The number of hydrogen-bond acceptors (Lipinski definition) is 2. The standard InChI is InChI=1S/C19H19NO/c1-13-7-8-16(11-14(13)2)19(3,21)18-6-4-5-15-12-20-10-9-17(15)18/h4-12,21H,1-3H3. The topological polar surface area (TPSA) is 33.1 Å². The summed E-state index contributed by atoms with van der Waals surface area (Å²) in [6.45, 7) is 6.01. The molecule has 0 radical (unpaired) electrons. The van der Waals surface area contributed by atoms with E-state index in [0.717, 1.165) is 21.9 Å². The highest BCUT2D eigenvalue weighted by atomic mass is 16.3. The van der Waals surface area contributed by atoms with Crippen LogP contribution in [0, 0.1) is 13.8 Å². The van der Waals surface area contributed by atoms with Crippen LogP contribution in [0.1, 0.15) is 29.2 Å². The Morgan fingerprint density at radius 1 is 1.00 bits per heavy atom. The maximum absolute atomic E-state index is 11.2. The molecule has 0 aliphatic carbocycles. The Labute approximate surface area is 125 Å². The Morgan fingerprint density at radius 3 is 2.57 bits per heavy atom. The summed E-state index contributed by atoms with van der Waals surface area (Å²) in [5.74, 6) is 0. The van der Waals surface area contributed by atoms with Crippen molar-refractivity contribution in [3.8, 4) is 0 Å². The lowest BCUT2D eigenvalue weighted by Crippen LogP contribution is -2.23. The first kappa shape index (κ1) is 13.8. The molecule has 0 aliphatic heterocycles. The van der Waals surface area contributed by atoms with Gasteiger partial charge in [-0.2, -0.15) is 0 Å². The highest BCUT2D eigenvalue weighted by Gasteiger charge is 2.27. The Kier molecular flexibility index (Phi) is 3.26. The normalized spacial score (nSPS) is 14.1. The molecule has 0 aliphatic rings. The van der Waals surface area contributed by atoms with Gasteiger partial charge in [0.15, 0.2) is 0 Å². The smallest absolute Gasteiger partial charge is 0.112 e. The molecule has 1 unspecified atom stereocenters. The minimum absolute atomic E-state index is 0.908. The van der Waals surface area contributed by atoms with Crippen molar-refractivity contribution < 1.29 is 5.11 Å². The van der Waals surface area contributed by atoms with Crippen molar-refractivity contribution in [3.05, 3.63) is 77.1 Å². The number of aliphatic hydroxyl groups is 1. The maximum atomic E-state index is 11.2. The molecule has 2 heteroatoms. The van der Waals surface area contributed by atoms with Gasteiger partial charge in [0.25, 0.3) is 0 Å². The van der Waals surface area contributed by atoms with Crippen LogP contribution in [0.4, 0.5) is 0 Å². The van der Waals surface area contributed by atoms with Crippen LogP contribution in [-0.4, -0.2) is 10.1 Å². The van der Waals surface area contributed by atoms with Crippen molar-refractivity contribution in [2.75, 3.05) is 0 Å². The second-order valence-electron chi connectivity index (χ2n) is 5.77. The first-order valence-corrected chi connectivity index (χ1v) is 7.13. The van der Waals surface area contributed by atoms with Crippen molar-refractivity contribution in [1.82, 2.24) is 4.98 Å². The number of aromatic nitrogens is 1. The third kappa shape index (κ3) is 2.32. The number of nitrogens with zero attached hydrogens (tertiary/aromatic N) is 1. The van der Waals surface area contributed by atoms with Gasteiger partial charge in [-0.1, -0.05) is 36.4 Å². The van der Waals surface area contributed by atoms with Gasteiger partial charge in [0, 0.05) is 17.8 Å². The molecule has 1 aromatic heterocycles. The molecule has 106 valence electrons. The van der Waals surface area contributed by atoms with E-state index in [1.165, 1.54) is 11.1 Å². The summed E-state index contributed by atoms with van der Waals surface area (Å²) >= 11 is 0. The number of hydrogen-bond donors (Lipinski definition) is 1. The van der Waals surface area contributed by atoms with E-state index in [9.17, 15) is 5.11 Å². The second-order valence-corrected chi connectivity index (χ2v) is 5.77. The first-order chi connectivity index (χ1) is 10.00. The van der Waals surface area contributed by atoms with E-state index in [-0.39, 0.29) is 0 Å². The minimum atomic E-state index is -1.03. The average molecular weight is 277 g/mol. The van der Waals surface area contributed by atoms with Crippen LogP contribution in [-0.2, 0) is 5.60 Å². The number of fused-ring (bicyclic) bond motifs is 1. The predicted molar refractivity (Wildman–Crippen MR) is 86.3 cm³/mol. The summed E-state index contributed by atoms with van der Waals surface area (Å²) in [7, 11) is 0. The van der Waals surface area contributed by atoms with Gasteiger partial charge in [-0.05, 0) is 54.5 Å². The molecule has 0 saturated carbocycles. The van der Waals surface area contributed by atoms with E-state index in [1.807, 2.05) is 43.5 Å². The Balaban J connectivity index is 2.22. The third-order valence-electron chi connectivity index (χ3n) is 4.27. The molecule has 1 heterocycles. The number of aryl methyl sites for hydroxylation is 2. The quantitative estimate of drug-likeness (QED) is 0.764. The van der Waals surface area contributed by atoms with Crippen LogP contribution in [0.25, 0.3) is 10.8 Å². The van der Waals surface area contributed by atoms with Gasteiger partial charge in [0.2, 0.25) is 0 Å². The maximum Gasteiger partial charge on any atom is 0.112 e. The molecule has 1 atom stereocenters. The van der Waals surface area contributed by atoms with Gasteiger partial charge in [0.05, 0.1) is 0 Å². The lowest BCUT2D eigenvalue weighted by atomic mass is 9.84. The molecule has 0 saturated heterocycles. The fourth-order valence-electron chi connectivity index (χ4n) is 2.75. The first-order valence-electron chi connectivity index (χ1n) is 7.13. The second kappa shape index (κ2) is 4.97. The predicted octanol–water partition coefficient (Wildman–Crippen LogP) is 4.11. The van der Waals surface area contributed by atoms with E-state index in [4.69, 9.17) is 0 Å². The van der Waals surface area contributed by atoms with E-state index >= 15 is 0 Å². The zero-order chi connectivity index (χ0) is 15.0. The van der Waals surface area contributed by atoms with Crippen molar-refractivity contribution >= 4 is 10.8 Å². The highest BCUT2D eigenvalue weighted by molar-refractivity contribution is 5.86. The Hall–Kier alpha value is -2.19. The monoisotopic (exact) mass is 277 g/mol. The molecule has 1 N–H and O–H groups in total. The summed E-state index contributed by atoms with van der Waals surface area (Å²) in [5, 5.41) is 13.2. The molecule has 0 bridgehead atoms. The van der Waals surface area contributed by atoms with E-state index in [0.29, 0.717) is 0 Å². The van der Waals surface area contributed by atoms with Gasteiger partial charge in [-0.3, -0.25) is 4.98 Å². The SMILES string of the molecule is Cc1ccc(C(C)(O)c2cccc3cnccc23)cc1C. The molecule has 3 rings (SSSR count). The van der Waals surface area contributed by atoms with Gasteiger partial charge >= 0.3 is 0 Å². The molecule has 3 aromatic rings. The summed E-state index contributed by atoms with van der Waals surface area (Å²) in [6, 6.07) is 14.1. The Bertz CT molecular complexity index is 800. The van der Waals surface area contributed by atoms with Crippen LogP contribution in [0.15, 0.2) is 54.9 Å².